The summed E-state index contributed by atoms with van der Waals surface area (Å²) in [7, 11) is 0. The standard InChI is InChI=1S/C12H9F3N2O/c1-6-4-10(12(13,14)15)17-9-5-7(11(16)18)2-3-8(6)9/h2-5H,1H3,(H2,16,18). The molecule has 0 bridgehead atoms. The summed E-state index contributed by atoms with van der Waals surface area (Å²) in [5, 5.41) is 0.563. The minimum absolute atomic E-state index is 0.110. The Labute approximate surface area is 100 Å². The largest absolute Gasteiger partial charge is 0.433 e. The van der Waals surface area contributed by atoms with Crippen molar-refractivity contribution in [3.63, 3.8) is 0 Å². The Morgan fingerprint density at radius 2 is 1.94 bits per heavy atom. The van der Waals surface area contributed by atoms with Crippen molar-refractivity contribution in [1.82, 2.24) is 4.98 Å². The number of pyridine rings is 1. The number of carbonyl (C=O) groups is 1. The van der Waals surface area contributed by atoms with E-state index in [-0.39, 0.29) is 11.1 Å². The topological polar surface area (TPSA) is 56.0 Å². The van der Waals surface area contributed by atoms with E-state index in [9.17, 15) is 18.0 Å². The van der Waals surface area contributed by atoms with Crippen LogP contribution >= 0.6 is 0 Å². The van der Waals surface area contributed by atoms with Gasteiger partial charge in [0.25, 0.3) is 0 Å². The monoisotopic (exact) mass is 254 g/mol. The minimum Gasteiger partial charge on any atom is -0.366 e. The van der Waals surface area contributed by atoms with Gasteiger partial charge in [-0.3, -0.25) is 4.79 Å². The first-order chi connectivity index (χ1) is 8.29. The molecule has 0 saturated carbocycles. The number of hydrogen-bond donors (Lipinski definition) is 1. The van der Waals surface area contributed by atoms with Gasteiger partial charge in [0.15, 0.2) is 0 Å². The van der Waals surface area contributed by atoms with Crippen molar-refractivity contribution in [3.8, 4) is 0 Å². The number of primary amides is 1. The molecule has 3 nitrogen and oxygen atoms in total. The molecule has 0 unspecified atom stereocenters. The second-order valence-corrected chi connectivity index (χ2v) is 3.92. The van der Waals surface area contributed by atoms with Crippen LogP contribution in [0.5, 0.6) is 0 Å². The van der Waals surface area contributed by atoms with Gasteiger partial charge in [-0.25, -0.2) is 4.98 Å². The van der Waals surface area contributed by atoms with Crippen molar-refractivity contribution in [2.75, 3.05) is 0 Å². The zero-order valence-electron chi connectivity index (χ0n) is 9.38. The van der Waals surface area contributed by atoms with E-state index < -0.39 is 17.8 Å². The van der Waals surface area contributed by atoms with Crippen LogP contribution in [-0.4, -0.2) is 10.9 Å². The second-order valence-electron chi connectivity index (χ2n) is 3.92. The molecule has 0 spiro atoms. The van der Waals surface area contributed by atoms with E-state index >= 15 is 0 Å². The smallest absolute Gasteiger partial charge is 0.366 e. The number of aryl methyl sites for hydroxylation is 1. The van der Waals surface area contributed by atoms with Crippen LogP contribution in [0, 0.1) is 6.92 Å². The SMILES string of the molecule is Cc1cc(C(F)(F)F)nc2cc(C(N)=O)ccc12. The van der Waals surface area contributed by atoms with Gasteiger partial charge in [0, 0.05) is 10.9 Å². The number of alkyl halides is 3. The van der Waals surface area contributed by atoms with Crippen LogP contribution in [0.25, 0.3) is 10.9 Å². The lowest BCUT2D eigenvalue weighted by Gasteiger charge is -2.09. The molecule has 0 aliphatic carbocycles. The number of halogens is 3. The van der Waals surface area contributed by atoms with E-state index in [0.717, 1.165) is 6.07 Å². The highest BCUT2D eigenvalue weighted by Crippen LogP contribution is 2.30. The van der Waals surface area contributed by atoms with E-state index in [0.29, 0.717) is 10.9 Å². The molecule has 1 heterocycles. The van der Waals surface area contributed by atoms with Gasteiger partial charge in [0.05, 0.1) is 5.52 Å². The summed E-state index contributed by atoms with van der Waals surface area (Å²) in [6.45, 7) is 1.56. The number of nitrogens with two attached hydrogens (primary N) is 1. The highest BCUT2D eigenvalue weighted by atomic mass is 19.4. The predicted molar refractivity (Wildman–Crippen MR) is 60.0 cm³/mol. The fourth-order valence-electron chi connectivity index (χ4n) is 1.70. The summed E-state index contributed by atoms with van der Waals surface area (Å²) in [5.74, 6) is -0.700. The Morgan fingerprint density at radius 3 is 2.50 bits per heavy atom. The molecule has 18 heavy (non-hydrogen) atoms. The van der Waals surface area contributed by atoms with Crippen LogP contribution < -0.4 is 5.73 Å². The third kappa shape index (κ3) is 2.13. The van der Waals surface area contributed by atoms with Crippen molar-refractivity contribution in [3.05, 3.63) is 41.1 Å². The average Bonchev–Trinajstić information content (AvgIpc) is 2.26. The lowest BCUT2D eigenvalue weighted by Crippen LogP contribution is -2.12. The molecule has 0 saturated heterocycles. The zero-order valence-corrected chi connectivity index (χ0v) is 9.38. The van der Waals surface area contributed by atoms with E-state index in [2.05, 4.69) is 4.98 Å². The Morgan fingerprint density at radius 1 is 1.28 bits per heavy atom. The number of nitrogens with zero attached hydrogens (tertiary/aromatic N) is 1. The highest BCUT2D eigenvalue weighted by molar-refractivity contribution is 5.97. The van der Waals surface area contributed by atoms with Gasteiger partial charge in [-0.2, -0.15) is 13.2 Å². The van der Waals surface area contributed by atoms with E-state index in [4.69, 9.17) is 5.73 Å². The number of aromatic nitrogens is 1. The number of amides is 1. The second kappa shape index (κ2) is 3.97. The Bertz CT molecular complexity index is 635. The summed E-state index contributed by atoms with van der Waals surface area (Å²) < 4.78 is 37.8. The summed E-state index contributed by atoms with van der Waals surface area (Å²) in [6.07, 6.45) is -4.51. The molecule has 0 atom stereocenters. The van der Waals surface area contributed by atoms with E-state index in [1.165, 1.54) is 18.2 Å². The Kier molecular flexibility index (Phi) is 2.73. The molecule has 1 amide bonds. The Hall–Kier alpha value is -2.11. The van der Waals surface area contributed by atoms with Crippen LogP contribution in [0.2, 0.25) is 0 Å². The van der Waals surface area contributed by atoms with Gasteiger partial charge in [-0.15, -0.1) is 0 Å². The maximum atomic E-state index is 12.6. The first kappa shape index (κ1) is 12.3. The number of rotatable bonds is 1. The van der Waals surface area contributed by atoms with Crippen LogP contribution in [0.4, 0.5) is 13.2 Å². The summed E-state index contributed by atoms with van der Waals surface area (Å²) in [6, 6.07) is 5.25. The molecule has 0 radical (unpaired) electrons. The average molecular weight is 254 g/mol. The van der Waals surface area contributed by atoms with Crippen molar-refractivity contribution >= 4 is 16.8 Å². The highest BCUT2D eigenvalue weighted by Gasteiger charge is 2.33. The van der Waals surface area contributed by atoms with Gasteiger partial charge in [-0.05, 0) is 30.7 Å². The molecule has 2 rings (SSSR count). The lowest BCUT2D eigenvalue weighted by atomic mass is 10.1. The van der Waals surface area contributed by atoms with Gasteiger partial charge < -0.3 is 5.73 Å². The molecule has 1 aromatic carbocycles. The number of fused-ring (bicyclic) bond motifs is 1. The number of hydrogen-bond acceptors (Lipinski definition) is 2. The van der Waals surface area contributed by atoms with Crippen molar-refractivity contribution in [2.45, 2.75) is 13.1 Å². The normalized spacial score (nSPS) is 11.8. The molecule has 2 N–H and O–H groups in total. The summed E-state index contributed by atoms with van der Waals surface area (Å²) in [5.41, 5.74) is 4.79. The van der Waals surface area contributed by atoms with E-state index in [1.54, 1.807) is 6.92 Å². The molecule has 0 aliphatic rings. The number of benzene rings is 1. The van der Waals surface area contributed by atoms with Gasteiger partial charge in [-0.1, -0.05) is 6.07 Å². The Balaban J connectivity index is 2.72. The molecule has 0 fully saturated rings. The third-order valence-corrected chi connectivity index (χ3v) is 2.59. The van der Waals surface area contributed by atoms with Gasteiger partial charge in [0.1, 0.15) is 5.69 Å². The van der Waals surface area contributed by atoms with Crippen LogP contribution in [0.3, 0.4) is 0 Å². The maximum Gasteiger partial charge on any atom is 0.433 e. The van der Waals surface area contributed by atoms with Gasteiger partial charge in [0.2, 0.25) is 5.91 Å². The molecular weight excluding hydrogens is 245 g/mol. The minimum atomic E-state index is -4.51. The maximum absolute atomic E-state index is 12.6. The lowest BCUT2D eigenvalue weighted by molar-refractivity contribution is -0.141. The molecule has 0 aliphatic heterocycles. The van der Waals surface area contributed by atoms with E-state index in [1.807, 2.05) is 0 Å². The molecular formula is C12H9F3N2O. The first-order valence-electron chi connectivity index (χ1n) is 5.07. The van der Waals surface area contributed by atoms with Crippen molar-refractivity contribution in [1.29, 1.82) is 0 Å². The predicted octanol–water partition coefficient (Wildman–Crippen LogP) is 2.66. The molecule has 94 valence electrons. The first-order valence-corrected chi connectivity index (χ1v) is 5.07. The van der Waals surface area contributed by atoms with Crippen LogP contribution in [-0.2, 0) is 6.18 Å². The molecule has 2 aromatic rings. The zero-order chi connectivity index (χ0) is 13.5. The quantitative estimate of drug-likeness (QED) is 0.850. The fraction of sp³-hybridized carbons (Fsp3) is 0.167. The summed E-state index contributed by atoms with van der Waals surface area (Å²) in [4.78, 5) is 14.5. The fourth-order valence-corrected chi connectivity index (χ4v) is 1.70. The van der Waals surface area contributed by atoms with Crippen LogP contribution in [0.15, 0.2) is 24.3 Å². The summed E-state index contributed by atoms with van der Waals surface area (Å²) >= 11 is 0. The molecule has 1 aromatic heterocycles. The number of carbonyl (C=O) groups excluding carboxylic acids is 1. The molecule has 6 heteroatoms. The van der Waals surface area contributed by atoms with Gasteiger partial charge >= 0.3 is 6.18 Å². The third-order valence-electron chi connectivity index (χ3n) is 2.59. The van der Waals surface area contributed by atoms with Crippen LogP contribution in [0.1, 0.15) is 21.6 Å². The van der Waals surface area contributed by atoms with Crippen molar-refractivity contribution < 1.29 is 18.0 Å². The van der Waals surface area contributed by atoms with Crippen molar-refractivity contribution in [2.24, 2.45) is 5.73 Å².